The first-order chi connectivity index (χ1) is 14.7. The SMILES string of the molecule is Cc1cc(-c2nnc(-c3cc(F)c(OC[C@H](N)[C@@H](C)O)cc3Cl)s2)ccc1OC(C)C. The van der Waals surface area contributed by atoms with Crippen LogP contribution in [0.5, 0.6) is 11.5 Å². The molecule has 6 nitrogen and oxygen atoms in total. The van der Waals surface area contributed by atoms with Gasteiger partial charge >= 0.3 is 0 Å². The van der Waals surface area contributed by atoms with Crippen molar-refractivity contribution in [2.45, 2.75) is 45.9 Å². The Labute approximate surface area is 189 Å². The molecule has 3 aromatic rings. The molecule has 0 spiro atoms. The molecule has 0 saturated heterocycles. The van der Waals surface area contributed by atoms with Crippen molar-refractivity contribution in [3.05, 3.63) is 46.7 Å². The molecule has 0 amide bonds. The highest BCUT2D eigenvalue weighted by atomic mass is 35.5. The molecule has 2 aromatic carbocycles. The van der Waals surface area contributed by atoms with E-state index in [0.29, 0.717) is 15.6 Å². The average molecular weight is 466 g/mol. The number of aliphatic hydroxyl groups excluding tert-OH is 1. The number of hydrogen-bond acceptors (Lipinski definition) is 7. The third-order valence-electron chi connectivity index (χ3n) is 4.51. The van der Waals surface area contributed by atoms with Crippen LogP contribution in [0, 0.1) is 12.7 Å². The van der Waals surface area contributed by atoms with Crippen LogP contribution >= 0.6 is 22.9 Å². The van der Waals surface area contributed by atoms with E-state index in [1.54, 1.807) is 6.92 Å². The zero-order valence-corrected chi connectivity index (χ0v) is 19.3. The molecule has 0 aliphatic rings. The molecule has 0 saturated carbocycles. The molecule has 0 bridgehead atoms. The number of ether oxygens (including phenoxy) is 2. The number of rotatable bonds is 8. The van der Waals surface area contributed by atoms with Gasteiger partial charge in [-0.1, -0.05) is 22.9 Å². The molecular formula is C22H25ClFN3O3S. The van der Waals surface area contributed by atoms with Gasteiger partial charge in [0.1, 0.15) is 22.4 Å². The second kappa shape index (κ2) is 9.91. The summed E-state index contributed by atoms with van der Waals surface area (Å²) in [5.74, 6) is 0.186. The molecule has 1 aromatic heterocycles. The topological polar surface area (TPSA) is 90.5 Å². The van der Waals surface area contributed by atoms with Gasteiger partial charge in [0.05, 0.1) is 23.3 Å². The van der Waals surface area contributed by atoms with E-state index >= 15 is 0 Å². The van der Waals surface area contributed by atoms with Crippen LogP contribution in [0.4, 0.5) is 4.39 Å². The Kier molecular flexibility index (Phi) is 7.48. The lowest BCUT2D eigenvalue weighted by molar-refractivity contribution is 0.129. The molecule has 0 fully saturated rings. The quantitative estimate of drug-likeness (QED) is 0.494. The summed E-state index contributed by atoms with van der Waals surface area (Å²) in [4.78, 5) is 0. The Hall–Kier alpha value is -2.26. The Balaban J connectivity index is 1.82. The van der Waals surface area contributed by atoms with Gasteiger partial charge in [0.2, 0.25) is 0 Å². The summed E-state index contributed by atoms with van der Waals surface area (Å²) in [6.07, 6.45) is -0.684. The lowest BCUT2D eigenvalue weighted by Crippen LogP contribution is -2.38. The van der Waals surface area contributed by atoms with Gasteiger partial charge in [0, 0.05) is 17.2 Å². The zero-order valence-electron chi connectivity index (χ0n) is 17.7. The number of aromatic nitrogens is 2. The number of benzene rings is 2. The van der Waals surface area contributed by atoms with Crippen molar-refractivity contribution >= 4 is 22.9 Å². The highest BCUT2D eigenvalue weighted by molar-refractivity contribution is 7.18. The Morgan fingerprint density at radius 1 is 1.13 bits per heavy atom. The number of halogens is 2. The third-order valence-corrected chi connectivity index (χ3v) is 5.83. The van der Waals surface area contributed by atoms with Crippen molar-refractivity contribution in [3.8, 4) is 32.6 Å². The van der Waals surface area contributed by atoms with Crippen molar-refractivity contribution in [1.29, 1.82) is 0 Å². The van der Waals surface area contributed by atoms with E-state index in [2.05, 4.69) is 10.2 Å². The molecule has 166 valence electrons. The van der Waals surface area contributed by atoms with Gasteiger partial charge in [-0.05, 0) is 57.5 Å². The number of nitrogens with zero attached hydrogens (tertiary/aromatic N) is 2. The van der Waals surface area contributed by atoms with Gasteiger partial charge in [0.15, 0.2) is 11.6 Å². The smallest absolute Gasteiger partial charge is 0.165 e. The highest BCUT2D eigenvalue weighted by Gasteiger charge is 2.18. The maximum absolute atomic E-state index is 14.6. The van der Waals surface area contributed by atoms with Crippen LogP contribution in [-0.4, -0.2) is 40.2 Å². The molecule has 0 aliphatic heterocycles. The highest BCUT2D eigenvalue weighted by Crippen LogP contribution is 2.37. The lowest BCUT2D eigenvalue weighted by atomic mass is 10.1. The van der Waals surface area contributed by atoms with Crippen LogP contribution < -0.4 is 15.2 Å². The minimum atomic E-state index is -0.771. The molecule has 3 N–H and O–H groups in total. The van der Waals surface area contributed by atoms with E-state index in [4.69, 9.17) is 26.8 Å². The average Bonchev–Trinajstić information content (AvgIpc) is 3.19. The standard InChI is InChI=1S/C22H25ClFN3O3S/c1-11(2)30-19-6-5-14(7-12(19)3)21-26-27-22(31-21)15-8-17(24)20(9-16(15)23)29-10-18(25)13(4)28/h5-9,11,13,18,28H,10,25H2,1-4H3/t13-,18+/m1/s1. The summed E-state index contributed by atoms with van der Waals surface area (Å²) in [5.41, 5.74) is 8.02. The number of hydrogen-bond donors (Lipinski definition) is 2. The van der Waals surface area contributed by atoms with Gasteiger partial charge in [-0.15, -0.1) is 10.2 Å². The van der Waals surface area contributed by atoms with E-state index in [1.165, 1.54) is 23.5 Å². The fourth-order valence-electron chi connectivity index (χ4n) is 2.75. The van der Waals surface area contributed by atoms with Crippen LogP contribution in [0.1, 0.15) is 26.3 Å². The van der Waals surface area contributed by atoms with Gasteiger partial charge in [-0.25, -0.2) is 4.39 Å². The third kappa shape index (κ3) is 5.71. The summed E-state index contributed by atoms with van der Waals surface area (Å²) >= 11 is 7.67. The second-order valence-electron chi connectivity index (χ2n) is 7.54. The second-order valence-corrected chi connectivity index (χ2v) is 8.92. The molecule has 1 heterocycles. The van der Waals surface area contributed by atoms with Crippen LogP contribution in [0.25, 0.3) is 21.1 Å². The predicted octanol–water partition coefficient (Wildman–Crippen LogP) is 4.85. The summed E-state index contributed by atoms with van der Waals surface area (Å²) < 4.78 is 25.7. The lowest BCUT2D eigenvalue weighted by Gasteiger charge is -2.16. The first-order valence-electron chi connectivity index (χ1n) is 9.82. The fourth-order valence-corrected chi connectivity index (χ4v) is 3.91. The van der Waals surface area contributed by atoms with Crippen molar-refractivity contribution in [2.24, 2.45) is 5.73 Å². The number of aliphatic hydroxyl groups is 1. The molecule has 9 heteroatoms. The molecule has 2 atom stereocenters. The van der Waals surface area contributed by atoms with E-state index in [1.807, 2.05) is 39.0 Å². The summed E-state index contributed by atoms with van der Waals surface area (Å²) in [6.45, 7) is 7.43. The fraction of sp³-hybridized carbons (Fsp3) is 0.364. The van der Waals surface area contributed by atoms with Crippen LogP contribution in [0.15, 0.2) is 30.3 Å². The van der Waals surface area contributed by atoms with Gasteiger partial charge in [-0.2, -0.15) is 0 Å². The first kappa shape index (κ1) is 23.4. The predicted molar refractivity (Wildman–Crippen MR) is 121 cm³/mol. The van der Waals surface area contributed by atoms with Crippen molar-refractivity contribution in [2.75, 3.05) is 6.61 Å². The largest absolute Gasteiger partial charge is 0.491 e. The molecule has 3 rings (SSSR count). The van der Waals surface area contributed by atoms with E-state index < -0.39 is 18.0 Å². The summed E-state index contributed by atoms with van der Waals surface area (Å²) in [6, 6.07) is 7.81. The van der Waals surface area contributed by atoms with Crippen LogP contribution in [0.2, 0.25) is 5.02 Å². The Morgan fingerprint density at radius 3 is 2.48 bits per heavy atom. The Morgan fingerprint density at radius 2 is 1.84 bits per heavy atom. The monoisotopic (exact) mass is 465 g/mol. The zero-order chi connectivity index (χ0) is 22.7. The number of aryl methyl sites for hydroxylation is 1. The van der Waals surface area contributed by atoms with Gasteiger partial charge < -0.3 is 20.3 Å². The first-order valence-corrected chi connectivity index (χ1v) is 11.0. The summed E-state index contributed by atoms with van der Waals surface area (Å²) in [5, 5.41) is 19.3. The van der Waals surface area contributed by atoms with Crippen LogP contribution in [-0.2, 0) is 0 Å². The van der Waals surface area contributed by atoms with Gasteiger partial charge in [0.25, 0.3) is 0 Å². The van der Waals surface area contributed by atoms with Crippen molar-refractivity contribution in [1.82, 2.24) is 10.2 Å². The minimum Gasteiger partial charge on any atom is -0.491 e. The van der Waals surface area contributed by atoms with Crippen molar-refractivity contribution in [3.63, 3.8) is 0 Å². The maximum atomic E-state index is 14.6. The molecular weight excluding hydrogens is 441 g/mol. The van der Waals surface area contributed by atoms with E-state index in [0.717, 1.165) is 16.9 Å². The van der Waals surface area contributed by atoms with Crippen LogP contribution in [0.3, 0.4) is 0 Å². The molecule has 31 heavy (non-hydrogen) atoms. The molecule has 0 radical (unpaired) electrons. The normalized spacial score (nSPS) is 13.3. The van der Waals surface area contributed by atoms with Gasteiger partial charge in [-0.3, -0.25) is 0 Å². The maximum Gasteiger partial charge on any atom is 0.165 e. The molecule has 0 aliphatic carbocycles. The molecule has 0 unspecified atom stereocenters. The van der Waals surface area contributed by atoms with E-state index in [-0.39, 0.29) is 23.5 Å². The van der Waals surface area contributed by atoms with Crippen molar-refractivity contribution < 1.29 is 19.0 Å². The van der Waals surface area contributed by atoms with E-state index in [9.17, 15) is 9.50 Å². The minimum absolute atomic E-state index is 0.0362. The summed E-state index contributed by atoms with van der Waals surface area (Å²) in [7, 11) is 0. The number of nitrogens with two attached hydrogens (primary N) is 1. The Bertz CT molecular complexity index is 1060.